The maximum atomic E-state index is 6.03. The number of hydrogen-bond donors (Lipinski definition) is 2. The monoisotopic (exact) mass is 459 g/mol. The molecular weight excluding hydrogens is 426 g/mol. The van der Waals surface area contributed by atoms with Crippen molar-refractivity contribution >= 4 is 11.4 Å². The minimum absolute atomic E-state index is 0.261. The Morgan fingerprint density at radius 1 is 0.857 bits per heavy atom. The van der Waals surface area contributed by atoms with Crippen LogP contribution in [-0.4, -0.2) is 4.98 Å². The second kappa shape index (κ2) is 12.4. The molecule has 176 valence electrons. The Hall–Kier alpha value is -4.11. The molecule has 35 heavy (non-hydrogen) atoms. The van der Waals surface area contributed by atoms with Gasteiger partial charge in [0.25, 0.3) is 0 Å². The number of pyridine rings is 1. The number of nitrogens with one attached hydrogen (secondary N) is 1. The molecule has 4 rings (SSSR count). The summed E-state index contributed by atoms with van der Waals surface area (Å²) in [6.07, 6.45) is 12.5. The van der Waals surface area contributed by atoms with Crippen LogP contribution in [0.5, 0.6) is 0 Å². The number of nitrogen functional groups attached to an aromatic ring is 1. The predicted octanol–water partition coefficient (Wildman–Crippen LogP) is 7.46. The smallest absolute Gasteiger partial charge is 0.0576 e. The first-order valence-corrected chi connectivity index (χ1v) is 12.1. The Bertz CT molecular complexity index is 1220. The maximum Gasteiger partial charge on any atom is 0.0576 e. The van der Waals surface area contributed by atoms with Gasteiger partial charge in [0.05, 0.1) is 11.4 Å². The van der Waals surface area contributed by atoms with Crippen molar-refractivity contribution in [3.8, 4) is 0 Å². The summed E-state index contributed by atoms with van der Waals surface area (Å²) < 4.78 is 0. The molecule has 1 unspecified atom stereocenters. The number of nitrogens with two attached hydrogens (primary N) is 1. The molecule has 0 radical (unpaired) electrons. The predicted molar refractivity (Wildman–Crippen MR) is 148 cm³/mol. The molecule has 1 atom stereocenters. The van der Waals surface area contributed by atoms with Crippen LogP contribution in [0.4, 0.5) is 11.4 Å². The molecule has 0 aliphatic rings. The lowest BCUT2D eigenvalue weighted by Crippen LogP contribution is -2.03. The molecule has 3 nitrogen and oxygen atoms in total. The van der Waals surface area contributed by atoms with Gasteiger partial charge in [-0.05, 0) is 66.3 Å². The second-order valence-electron chi connectivity index (χ2n) is 8.72. The van der Waals surface area contributed by atoms with Gasteiger partial charge in [0.2, 0.25) is 0 Å². The molecule has 3 heteroatoms. The van der Waals surface area contributed by atoms with E-state index in [1.807, 2.05) is 36.5 Å². The van der Waals surface area contributed by atoms with Gasteiger partial charge in [-0.2, -0.15) is 0 Å². The number of rotatable bonds is 10. The number of aromatic nitrogens is 1. The van der Waals surface area contributed by atoms with Crippen LogP contribution >= 0.6 is 0 Å². The lowest BCUT2D eigenvalue weighted by Gasteiger charge is -2.14. The fraction of sp³-hybridized carbons (Fsp3) is 0.156. The first kappa shape index (κ1) is 24.0. The van der Waals surface area contributed by atoms with Gasteiger partial charge >= 0.3 is 0 Å². The van der Waals surface area contributed by atoms with E-state index in [-0.39, 0.29) is 5.92 Å². The van der Waals surface area contributed by atoms with Crippen molar-refractivity contribution in [3.05, 3.63) is 149 Å². The molecule has 3 N–H and O–H groups in total. The Kier molecular flexibility index (Phi) is 8.50. The molecule has 1 aromatic heterocycles. The minimum Gasteiger partial charge on any atom is -0.397 e. The van der Waals surface area contributed by atoms with Gasteiger partial charge in [-0.1, -0.05) is 91.0 Å². The van der Waals surface area contributed by atoms with Crippen molar-refractivity contribution in [1.29, 1.82) is 0 Å². The Morgan fingerprint density at radius 2 is 1.63 bits per heavy atom. The highest BCUT2D eigenvalue weighted by atomic mass is 14.9. The van der Waals surface area contributed by atoms with Crippen LogP contribution in [-0.2, 0) is 13.0 Å². The third-order valence-corrected chi connectivity index (χ3v) is 6.19. The normalized spacial score (nSPS) is 12.3. The molecule has 0 aliphatic carbocycles. The molecule has 3 aromatic carbocycles. The first-order valence-electron chi connectivity index (χ1n) is 12.1. The van der Waals surface area contributed by atoms with Crippen molar-refractivity contribution in [1.82, 2.24) is 4.98 Å². The van der Waals surface area contributed by atoms with Crippen LogP contribution in [0, 0.1) is 6.92 Å². The average Bonchev–Trinajstić information content (AvgIpc) is 2.90. The van der Waals surface area contributed by atoms with Gasteiger partial charge < -0.3 is 11.1 Å². The average molecular weight is 460 g/mol. The summed E-state index contributed by atoms with van der Waals surface area (Å²) in [6.45, 7) is 2.93. The van der Waals surface area contributed by atoms with Gasteiger partial charge in [0.1, 0.15) is 0 Å². The third-order valence-electron chi connectivity index (χ3n) is 6.19. The van der Waals surface area contributed by atoms with E-state index in [4.69, 9.17) is 5.73 Å². The van der Waals surface area contributed by atoms with Crippen molar-refractivity contribution in [3.63, 3.8) is 0 Å². The zero-order chi connectivity index (χ0) is 24.3. The SMILES string of the molecule is Cc1cc(CNc2ccccc2N)ccc1C/C=C\C=C/CC(c1ccccc1)c1ccccn1. The van der Waals surface area contributed by atoms with E-state index in [1.165, 1.54) is 22.3 Å². The van der Waals surface area contributed by atoms with E-state index in [1.54, 1.807) is 0 Å². The Balaban J connectivity index is 1.31. The van der Waals surface area contributed by atoms with Gasteiger partial charge in [0.15, 0.2) is 0 Å². The lowest BCUT2D eigenvalue weighted by atomic mass is 9.92. The number of benzene rings is 3. The summed E-state index contributed by atoms with van der Waals surface area (Å²) in [5, 5.41) is 3.42. The van der Waals surface area contributed by atoms with Crippen molar-refractivity contribution in [2.45, 2.75) is 32.2 Å². The maximum absolute atomic E-state index is 6.03. The highest BCUT2D eigenvalue weighted by Crippen LogP contribution is 2.26. The zero-order valence-electron chi connectivity index (χ0n) is 20.3. The summed E-state index contributed by atoms with van der Waals surface area (Å²) >= 11 is 0. The first-order chi connectivity index (χ1) is 17.2. The van der Waals surface area contributed by atoms with Crippen LogP contribution in [0.1, 0.15) is 40.3 Å². The van der Waals surface area contributed by atoms with Gasteiger partial charge in [-0.3, -0.25) is 4.98 Å². The van der Waals surface area contributed by atoms with E-state index in [2.05, 4.69) is 102 Å². The molecule has 1 heterocycles. The highest BCUT2D eigenvalue weighted by Gasteiger charge is 2.13. The van der Waals surface area contributed by atoms with Crippen LogP contribution in [0.25, 0.3) is 0 Å². The fourth-order valence-electron chi connectivity index (χ4n) is 4.21. The molecule has 0 fully saturated rings. The summed E-state index contributed by atoms with van der Waals surface area (Å²) in [7, 11) is 0. The number of anilines is 2. The van der Waals surface area contributed by atoms with Gasteiger partial charge in [0, 0.05) is 24.4 Å². The van der Waals surface area contributed by atoms with E-state index >= 15 is 0 Å². The summed E-state index contributed by atoms with van der Waals surface area (Å²) in [5.74, 6) is 0.261. The van der Waals surface area contributed by atoms with Crippen LogP contribution in [0.15, 0.2) is 121 Å². The standard InChI is InChI=1S/C32H33N3/c1-25-23-26(24-35-32-19-10-9-17-30(32)33)20-21-27(25)13-5-2-3-8-16-29(28-14-6-4-7-15-28)31-18-11-12-22-34-31/h2-12,14-15,17-23,29,35H,13,16,24,33H2,1H3/b5-2-,8-3-. The molecule has 0 aliphatic heterocycles. The quantitative estimate of drug-likeness (QED) is 0.191. The van der Waals surface area contributed by atoms with Crippen molar-refractivity contribution < 1.29 is 0 Å². The molecule has 0 spiro atoms. The fourth-order valence-corrected chi connectivity index (χ4v) is 4.21. The molecule has 0 saturated carbocycles. The Morgan fingerprint density at radius 3 is 2.40 bits per heavy atom. The van der Waals surface area contributed by atoms with Crippen LogP contribution < -0.4 is 11.1 Å². The molecule has 0 amide bonds. The number of nitrogens with zero attached hydrogens (tertiary/aromatic N) is 1. The third kappa shape index (κ3) is 6.94. The van der Waals surface area contributed by atoms with Crippen molar-refractivity contribution in [2.75, 3.05) is 11.1 Å². The number of para-hydroxylation sites is 2. The van der Waals surface area contributed by atoms with E-state index in [0.717, 1.165) is 36.5 Å². The zero-order valence-corrected chi connectivity index (χ0v) is 20.3. The molecule has 0 bridgehead atoms. The van der Waals surface area contributed by atoms with Gasteiger partial charge in [-0.15, -0.1) is 0 Å². The summed E-state index contributed by atoms with van der Waals surface area (Å²) in [5.41, 5.74) is 14.1. The number of allylic oxidation sites excluding steroid dienone is 4. The summed E-state index contributed by atoms with van der Waals surface area (Å²) in [6, 6.07) is 31.3. The van der Waals surface area contributed by atoms with Gasteiger partial charge in [-0.25, -0.2) is 0 Å². The van der Waals surface area contributed by atoms with Crippen LogP contribution in [0.2, 0.25) is 0 Å². The lowest BCUT2D eigenvalue weighted by molar-refractivity contribution is 0.794. The Labute approximate surface area is 209 Å². The summed E-state index contributed by atoms with van der Waals surface area (Å²) in [4.78, 5) is 4.60. The number of aryl methyl sites for hydroxylation is 1. The van der Waals surface area contributed by atoms with Crippen LogP contribution in [0.3, 0.4) is 0 Å². The minimum atomic E-state index is 0.261. The molecular formula is C32H33N3. The highest BCUT2D eigenvalue weighted by molar-refractivity contribution is 5.65. The van der Waals surface area contributed by atoms with E-state index in [9.17, 15) is 0 Å². The largest absolute Gasteiger partial charge is 0.397 e. The second-order valence-corrected chi connectivity index (χ2v) is 8.72. The number of hydrogen-bond acceptors (Lipinski definition) is 3. The van der Waals surface area contributed by atoms with Crippen molar-refractivity contribution in [2.24, 2.45) is 0 Å². The van der Waals surface area contributed by atoms with E-state index < -0.39 is 0 Å². The topological polar surface area (TPSA) is 50.9 Å². The molecule has 4 aromatic rings. The van der Waals surface area contributed by atoms with E-state index in [0.29, 0.717) is 0 Å². The molecule has 0 saturated heterocycles.